The van der Waals surface area contributed by atoms with Crippen LogP contribution in [0.5, 0.6) is 0 Å². The van der Waals surface area contributed by atoms with Gasteiger partial charge in [0.2, 0.25) is 0 Å². The highest BCUT2D eigenvalue weighted by atomic mass is 15.0. The minimum Gasteiger partial charge on any atom is -0.378 e. The van der Waals surface area contributed by atoms with Gasteiger partial charge >= 0.3 is 0 Å². The SMILES string of the molecule is Cc1cnccc1NC(C)(C)C(C)N. The number of hydrogen-bond donors (Lipinski definition) is 2. The lowest BCUT2D eigenvalue weighted by molar-refractivity contribution is 0.470. The van der Waals surface area contributed by atoms with Gasteiger partial charge < -0.3 is 11.1 Å². The van der Waals surface area contributed by atoms with E-state index >= 15 is 0 Å². The van der Waals surface area contributed by atoms with E-state index in [0.717, 1.165) is 11.3 Å². The maximum Gasteiger partial charge on any atom is 0.0465 e. The summed E-state index contributed by atoms with van der Waals surface area (Å²) in [6.07, 6.45) is 3.63. The van der Waals surface area contributed by atoms with Crippen LogP contribution in [0, 0.1) is 6.92 Å². The zero-order chi connectivity index (χ0) is 10.8. The number of aromatic nitrogens is 1. The number of hydrogen-bond acceptors (Lipinski definition) is 3. The molecule has 0 aliphatic heterocycles. The lowest BCUT2D eigenvalue weighted by Gasteiger charge is -2.32. The topological polar surface area (TPSA) is 50.9 Å². The fraction of sp³-hybridized carbons (Fsp3) is 0.545. The predicted molar refractivity (Wildman–Crippen MR) is 60.3 cm³/mol. The van der Waals surface area contributed by atoms with E-state index in [0.29, 0.717) is 0 Å². The van der Waals surface area contributed by atoms with Crippen LogP contribution in [0.2, 0.25) is 0 Å². The molecule has 3 nitrogen and oxygen atoms in total. The molecule has 3 heteroatoms. The van der Waals surface area contributed by atoms with Crippen LogP contribution in [0.4, 0.5) is 5.69 Å². The first-order chi connectivity index (χ1) is 6.43. The molecule has 0 spiro atoms. The van der Waals surface area contributed by atoms with Crippen molar-refractivity contribution in [3.8, 4) is 0 Å². The molecule has 1 aromatic heterocycles. The van der Waals surface area contributed by atoms with E-state index in [4.69, 9.17) is 5.73 Å². The average molecular weight is 193 g/mol. The fourth-order valence-electron chi connectivity index (χ4n) is 1.07. The molecule has 1 aromatic rings. The molecule has 1 unspecified atom stereocenters. The fourth-order valence-corrected chi connectivity index (χ4v) is 1.07. The summed E-state index contributed by atoms with van der Waals surface area (Å²) in [5.74, 6) is 0. The predicted octanol–water partition coefficient (Wildman–Crippen LogP) is 1.93. The molecule has 0 saturated carbocycles. The van der Waals surface area contributed by atoms with Crippen LogP contribution in [0.1, 0.15) is 26.3 Å². The maximum absolute atomic E-state index is 5.89. The van der Waals surface area contributed by atoms with Crippen molar-refractivity contribution in [3.05, 3.63) is 24.0 Å². The van der Waals surface area contributed by atoms with Crippen molar-refractivity contribution in [1.82, 2.24) is 4.98 Å². The normalized spacial score (nSPS) is 13.8. The number of pyridine rings is 1. The van der Waals surface area contributed by atoms with Gasteiger partial charge in [-0.25, -0.2) is 0 Å². The van der Waals surface area contributed by atoms with Gasteiger partial charge in [0.25, 0.3) is 0 Å². The van der Waals surface area contributed by atoms with Crippen molar-refractivity contribution in [2.24, 2.45) is 5.73 Å². The number of rotatable bonds is 3. The van der Waals surface area contributed by atoms with Crippen LogP contribution >= 0.6 is 0 Å². The number of nitrogens with one attached hydrogen (secondary N) is 1. The van der Waals surface area contributed by atoms with Gasteiger partial charge in [-0.05, 0) is 39.3 Å². The summed E-state index contributed by atoms with van der Waals surface area (Å²) in [5, 5.41) is 3.42. The van der Waals surface area contributed by atoms with Gasteiger partial charge in [-0.1, -0.05) is 0 Å². The number of anilines is 1. The van der Waals surface area contributed by atoms with Crippen LogP contribution in [0.3, 0.4) is 0 Å². The Morgan fingerprint density at radius 2 is 2.14 bits per heavy atom. The molecular formula is C11H19N3. The van der Waals surface area contributed by atoms with Gasteiger partial charge in [0.05, 0.1) is 0 Å². The van der Waals surface area contributed by atoms with Crippen molar-refractivity contribution in [3.63, 3.8) is 0 Å². The Hall–Kier alpha value is -1.09. The summed E-state index contributed by atoms with van der Waals surface area (Å²) in [6, 6.07) is 2.06. The van der Waals surface area contributed by atoms with Crippen molar-refractivity contribution in [1.29, 1.82) is 0 Å². The summed E-state index contributed by atoms with van der Waals surface area (Å²) >= 11 is 0. The Labute approximate surface area is 85.7 Å². The molecule has 78 valence electrons. The molecule has 0 fully saturated rings. The first-order valence-electron chi connectivity index (χ1n) is 4.88. The molecule has 1 atom stereocenters. The lowest BCUT2D eigenvalue weighted by Crippen LogP contribution is -2.47. The second kappa shape index (κ2) is 3.96. The number of aryl methyl sites for hydroxylation is 1. The summed E-state index contributed by atoms with van der Waals surface area (Å²) in [6.45, 7) is 8.23. The van der Waals surface area contributed by atoms with Gasteiger partial charge in [-0.3, -0.25) is 4.98 Å². The highest BCUT2D eigenvalue weighted by Gasteiger charge is 2.22. The Kier molecular flexibility index (Phi) is 3.11. The molecule has 0 aliphatic rings. The molecule has 0 radical (unpaired) electrons. The summed E-state index contributed by atoms with van der Waals surface area (Å²) in [4.78, 5) is 4.05. The summed E-state index contributed by atoms with van der Waals surface area (Å²) < 4.78 is 0. The summed E-state index contributed by atoms with van der Waals surface area (Å²) in [7, 11) is 0. The van der Waals surface area contributed by atoms with E-state index in [1.165, 1.54) is 0 Å². The van der Waals surface area contributed by atoms with Gasteiger partial charge in [0, 0.05) is 29.7 Å². The quantitative estimate of drug-likeness (QED) is 0.771. The molecule has 0 bridgehead atoms. The minimum atomic E-state index is -0.105. The van der Waals surface area contributed by atoms with Crippen molar-refractivity contribution >= 4 is 5.69 Å². The first-order valence-corrected chi connectivity index (χ1v) is 4.88. The second-order valence-corrected chi connectivity index (χ2v) is 4.33. The van der Waals surface area contributed by atoms with Crippen LogP contribution in [0.25, 0.3) is 0 Å². The molecule has 0 amide bonds. The van der Waals surface area contributed by atoms with E-state index in [9.17, 15) is 0 Å². The van der Waals surface area contributed by atoms with Gasteiger partial charge in [-0.15, -0.1) is 0 Å². The Morgan fingerprint density at radius 3 is 2.64 bits per heavy atom. The largest absolute Gasteiger partial charge is 0.378 e. The monoisotopic (exact) mass is 193 g/mol. The molecule has 0 aromatic carbocycles. The van der Waals surface area contributed by atoms with E-state index < -0.39 is 0 Å². The molecule has 0 aliphatic carbocycles. The highest BCUT2D eigenvalue weighted by Crippen LogP contribution is 2.19. The van der Waals surface area contributed by atoms with Crippen LogP contribution < -0.4 is 11.1 Å². The third-order valence-corrected chi connectivity index (χ3v) is 2.62. The molecule has 3 N–H and O–H groups in total. The Morgan fingerprint density at radius 1 is 1.50 bits per heavy atom. The lowest BCUT2D eigenvalue weighted by atomic mass is 9.96. The minimum absolute atomic E-state index is 0.0927. The van der Waals surface area contributed by atoms with E-state index in [2.05, 4.69) is 24.1 Å². The highest BCUT2D eigenvalue weighted by molar-refractivity contribution is 5.50. The number of nitrogens with zero attached hydrogens (tertiary/aromatic N) is 1. The standard InChI is InChI=1S/C11H19N3/c1-8-7-13-6-5-10(8)14-11(3,4)9(2)12/h5-7,9H,12H2,1-4H3,(H,13,14). The van der Waals surface area contributed by atoms with Crippen molar-refractivity contribution in [2.75, 3.05) is 5.32 Å². The average Bonchev–Trinajstić information content (AvgIpc) is 2.08. The zero-order valence-corrected chi connectivity index (χ0v) is 9.33. The van der Waals surface area contributed by atoms with Crippen LogP contribution in [-0.4, -0.2) is 16.6 Å². The Bertz CT molecular complexity index is 305. The van der Waals surface area contributed by atoms with Gasteiger partial charge in [-0.2, -0.15) is 0 Å². The maximum atomic E-state index is 5.89. The molecule has 0 saturated heterocycles. The van der Waals surface area contributed by atoms with E-state index in [-0.39, 0.29) is 11.6 Å². The van der Waals surface area contributed by atoms with Crippen molar-refractivity contribution < 1.29 is 0 Å². The first kappa shape index (κ1) is 11.0. The Balaban J connectivity index is 2.84. The van der Waals surface area contributed by atoms with Gasteiger partial charge in [0.15, 0.2) is 0 Å². The molecule has 1 heterocycles. The molecular weight excluding hydrogens is 174 g/mol. The summed E-state index contributed by atoms with van der Waals surface area (Å²) in [5.41, 5.74) is 8.02. The zero-order valence-electron chi connectivity index (χ0n) is 9.33. The van der Waals surface area contributed by atoms with E-state index in [1.807, 2.05) is 26.1 Å². The van der Waals surface area contributed by atoms with Gasteiger partial charge in [0.1, 0.15) is 0 Å². The van der Waals surface area contributed by atoms with Crippen LogP contribution in [-0.2, 0) is 0 Å². The smallest absolute Gasteiger partial charge is 0.0465 e. The third-order valence-electron chi connectivity index (χ3n) is 2.62. The number of nitrogens with two attached hydrogens (primary N) is 1. The van der Waals surface area contributed by atoms with Crippen LogP contribution in [0.15, 0.2) is 18.5 Å². The molecule has 14 heavy (non-hydrogen) atoms. The van der Waals surface area contributed by atoms with Crippen molar-refractivity contribution in [2.45, 2.75) is 39.3 Å². The second-order valence-electron chi connectivity index (χ2n) is 4.33. The molecule has 1 rings (SSSR count). The van der Waals surface area contributed by atoms with E-state index in [1.54, 1.807) is 6.20 Å². The third kappa shape index (κ3) is 2.45.